The number of nitrogens with one attached hydrogen (secondary N) is 1. The molecule has 2 aromatic rings. The molecule has 30 heavy (non-hydrogen) atoms. The van der Waals surface area contributed by atoms with E-state index in [2.05, 4.69) is 52.5 Å². The third-order valence-corrected chi connectivity index (χ3v) is 6.35. The monoisotopic (exact) mass is 409 g/mol. The van der Waals surface area contributed by atoms with E-state index < -0.39 is 0 Å². The van der Waals surface area contributed by atoms with Gasteiger partial charge in [-0.1, -0.05) is 29.8 Å². The highest BCUT2D eigenvalue weighted by atomic mass is 16.5. The maximum Gasteiger partial charge on any atom is 0.139 e. The average molecular weight is 410 g/mol. The van der Waals surface area contributed by atoms with Crippen molar-refractivity contribution in [2.75, 3.05) is 37.7 Å². The Kier molecular flexibility index (Phi) is 7.59. The minimum absolute atomic E-state index is 0.484. The third-order valence-electron chi connectivity index (χ3n) is 6.35. The summed E-state index contributed by atoms with van der Waals surface area (Å²) in [7, 11) is 0. The molecule has 3 heterocycles. The lowest BCUT2D eigenvalue weighted by Gasteiger charge is -2.33. The Labute approximate surface area is 180 Å². The number of pyridine rings is 1. The molecule has 1 aromatic carbocycles. The fourth-order valence-electron chi connectivity index (χ4n) is 4.36. The standard InChI is InChI=1S/C25H35N3O2/c1-20-4-6-22(7-5-20)18-29-14-10-21-8-12-28(13-9-21)24-15-25(17-26-16-24)30-19-23-3-2-11-27-23/h4-7,15-17,21,23,27H,2-3,8-14,18-19H2,1H3/t23-/m0/s1. The third kappa shape index (κ3) is 6.19. The van der Waals surface area contributed by atoms with E-state index in [9.17, 15) is 0 Å². The second-order valence-electron chi connectivity index (χ2n) is 8.74. The van der Waals surface area contributed by atoms with Crippen LogP contribution in [0.3, 0.4) is 0 Å². The summed E-state index contributed by atoms with van der Waals surface area (Å²) < 4.78 is 11.9. The molecule has 0 saturated carbocycles. The van der Waals surface area contributed by atoms with Crippen molar-refractivity contribution in [2.24, 2.45) is 5.92 Å². The van der Waals surface area contributed by atoms with Crippen LogP contribution in [0.2, 0.25) is 0 Å². The number of piperidine rings is 1. The van der Waals surface area contributed by atoms with E-state index in [4.69, 9.17) is 9.47 Å². The second kappa shape index (κ2) is 10.8. The Balaban J connectivity index is 1.16. The SMILES string of the molecule is Cc1ccc(COCCC2CCN(c3cncc(OC[C@@H]4CCCN4)c3)CC2)cc1. The highest BCUT2D eigenvalue weighted by Gasteiger charge is 2.20. The molecule has 5 nitrogen and oxygen atoms in total. The highest BCUT2D eigenvalue weighted by Crippen LogP contribution is 2.27. The highest BCUT2D eigenvalue weighted by molar-refractivity contribution is 5.48. The number of aryl methyl sites for hydroxylation is 1. The molecule has 2 aliphatic rings. The number of benzene rings is 1. The Morgan fingerprint density at radius 1 is 1.10 bits per heavy atom. The van der Waals surface area contributed by atoms with E-state index in [1.807, 2.05) is 12.4 Å². The molecule has 0 radical (unpaired) electrons. The summed E-state index contributed by atoms with van der Waals surface area (Å²) in [4.78, 5) is 6.85. The van der Waals surface area contributed by atoms with Crippen LogP contribution in [-0.2, 0) is 11.3 Å². The van der Waals surface area contributed by atoms with Gasteiger partial charge < -0.3 is 19.7 Å². The van der Waals surface area contributed by atoms with Gasteiger partial charge in [0, 0.05) is 31.8 Å². The molecule has 0 spiro atoms. The van der Waals surface area contributed by atoms with Gasteiger partial charge in [0.15, 0.2) is 0 Å². The van der Waals surface area contributed by atoms with Gasteiger partial charge in [-0.15, -0.1) is 0 Å². The van der Waals surface area contributed by atoms with Gasteiger partial charge in [-0.2, -0.15) is 0 Å². The van der Waals surface area contributed by atoms with Crippen LogP contribution in [0, 0.1) is 12.8 Å². The minimum atomic E-state index is 0.484. The predicted octanol–water partition coefficient (Wildman–Crippen LogP) is 4.34. The number of anilines is 1. The number of aromatic nitrogens is 1. The van der Waals surface area contributed by atoms with Crippen LogP contribution in [0.5, 0.6) is 5.75 Å². The second-order valence-corrected chi connectivity index (χ2v) is 8.74. The lowest BCUT2D eigenvalue weighted by atomic mass is 9.94. The van der Waals surface area contributed by atoms with Gasteiger partial charge in [0.1, 0.15) is 12.4 Å². The molecule has 5 heteroatoms. The van der Waals surface area contributed by atoms with Gasteiger partial charge in [0.05, 0.1) is 24.7 Å². The normalized spacial score (nSPS) is 19.9. The van der Waals surface area contributed by atoms with Crippen LogP contribution < -0.4 is 15.0 Å². The summed E-state index contributed by atoms with van der Waals surface area (Å²) in [6.45, 7) is 7.68. The quantitative estimate of drug-likeness (QED) is 0.624. The molecule has 1 aromatic heterocycles. The van der Waals surface area contributed by atoms with Gasteiger partial charge in [0.25, 0.3) is 0 Å². The van der Waals surface area contributed by atoms with Crippen LogP contribution >= 0.6 is 0 Å². The van der Waals surface area contributed by atoms with Crippen molar-refractivity contribution >= 4 is 5.69 Å². The fourth-order valence-corrected chi connectivity index (χ4v) is 4.36. The van der Waals surface area contributed by atoms with Crippen molar-refractivity contribution in [3.63, 3.8) is 0 Å². The van der Waals surface area contributed by atoms with Gasteiger partial charge in [-0.25, -0.2) is 0 Å². The van der Waals surface area contributed by atoms with E-state index >= 15 is 0 Å². The molecule has 1 N–H and O–H groups in total. The molecule has 4 rings (SSSR count). The number of nitrogens with zero attached hydrogens (tertiary/aromatic N) is 2. The number of rotatable bonds is 9. The van der Waals surface area contributed by atoms with Crippen LogP contribution in [-0.4, -0.2) is 43.9 Å². The van der Waals surface area contributed by atoms with Crippen LogP contribution in [0.15, 0.2) is 42.7 Å². The van der Waals surface area contributed by atoms with Crippen molar-refractivity contribution < 1.29 is 9.47 Å². The zero-order chi connectivity index (χ0) is 20.6. The summed E-state index contributed by atoms with van der Waals surface area (Å²) >= 11 is 0. The zero-order valence-electron chi connectivity index (χ0n) is 18.2. The van der Waals surface area contributed by atoms with Crippen molar-refractivity contribution in [3.8, 4) is 5.75 Å². The summed E-state index contributed by atoms with van der Waals surface area (Å²) in [6, 6.07) is 11.2. The predicted molar refractivity (Wildman–Crippen MR) is 121 cm³/mol. The fraction of sp³-hybridized carbons (Fsp3) is 0.560. The Hall–Kier alpha value is -2.11. The van der Waals surface area contributed by atoms with Crippen molar-refractivity contribution in [1.82, 2.24) is 10.3 Å². The average Bonchev–Trinajstić information content (AvgIpc) is 3.31. The van der Waals surface area contributed by atoms with Gasteiger partial charge in [0.2, 0.25) is 0 Å². The maximum absolute atomic E-state index is 5.98. The molecule has 162 valence electrons. The van der Waals surface area contributed by atoms with Crippen molar-refractivity contribution in [1.29, 1.82) is 0 Å². The molecule has 0 amide bonds. The van der Waals surface area contributed by atoms with Gasteiger partial charge in [-0.3, -0.25) is 4.98 Å². The summed E-state index contributed by atoms with van der Waals surface area (Å²) in [5.41, 5.74) is 3.73. The molecule has 2 saturated heterocycles. The van der Waals surface area contributed by atoms with E-state index in [0.717, 1.165) is 50.9 Å². The number of hydrogen-bond acceptors (Lipinski definition) is 5. The van der Waals surface area contributed by atoms with Gasteiger partial charge >= 0.3 is 0 Å². The molecule has 0 bridgehead atoms. The maximum atomic E-state index is 5.98. The summed E-state index contributed by atoms with van der Waals surface area (Å²) in [6.07, 6.45) is 9.82. The van der Waals surface area contributed by atoms with E-state index in [-0.39, 0.29) is 0 Å². The minimum Gasteiger partial charge on any atom is -0.490 e. The first-order valence-electron chi connectivity index (χ1n) is 11.5. The summed E-state index contributed by atoms with van der Waals surface area (Å²) in [5, 5.41) is 3.48. The largest absolute Gasteiger partial charge is 0.490 e. The van der Waals surface area contributed by atoms with E-state index in [1.54, 1.807) is 0 Å². The molecule has 1 atom stereocenters. The molecular formula is C25H35N3O2. The molecule has 0 unspecified atom stereocenters. The smallest absolute Gasteiger partial charge is 0.139 e. The van der Waals surface area contributed by atoms with Crippen LogP contribution in [0.4, 0.5) is 5.69 Å². The number of hydrogen-bond donors (Lipinski definition) is 1. The Bertz CT molecular complexity index is 766. The van der Waals surface area contributed by atoms with Crippen LogP contribution in [0.25, 0.3) is 0 Å². The first kappa shape index (κ1) is 21.1. The molecule has 2 aliphatic heterocycles. The first-order valence-corrected chi connectivity index (χ1v) is 11.5. The lowest BCUT2D eigenvalue weighted by molar-refractivity contribution is 0.104. The van der Waals surface area contributed by atoms with E-state index in [0.29, 0.717) is 12.6 Å². The first-order chi connectivity index (χ1) is 14.8. The topological polar surface area (TPSA) is 46.6 Å². The Morgan fingerprint density at radius 2 is 1.93 bits per heavy atom. The molecule has 2 fully saturated rings. The number of ether oxygens (including phenoxy) is 2. The van der Waals surface area contributed by atoms with E-state index in [1.165, 1.54) is 42.5 Å². The van der Waals surface area contributed by atoms with Gasteiger partial charge in [-0.05, 0) is 57.1 Å². The van der Waals surface area contributed by atoms with Crippen LogP contribution in [0.1, 0.15) is 43.2 Å². The summed E-state index contributed by atoms with van der Waals surface area (Å²) in [5.74, 6) is 1.63. The lowest BCUT2D eigenvalue weighted by Crippen LogP contribution is -2.34. The molecular weight excluding hydrogens is 374 g/mol. The van der Waals surface area contributed by atoms with Crippen molar-refractivity contribution in [2.45, 2.75) is 51.7 Å². The molecule has 0 aliphatic carbocycles. The Morgan fingerprint density at radius 3 is 2.70 bits per heavy atom. The zero-order valence-corrected chi connectivity index (χ0v) is 18.2. The van der Waals surface area contributed by atoms with Crippen molar-refractivity contribution in [3.05, 3.63) is 53.9 Å².